The van der Waals surface area contributed by atoms with Gasteiger partial charge in [-0.25, -0.2) is 0 Å². The number of hydrogen-bond donors (Lipinski definition) is 2. The number of benzene rings is 1. The summed E-state index contributed by atoms with van der Waals surface area (Å²) in [5.74, 6) is -3.04. The van der Waals surface area contributed by atoms with Crippen molar-refractivity contribution in [3.8, 4) is 6.07 Å². The Morgan fingerprint density at radius 2 is 2.00 bits per heavy atom. The van der Waals surface area contributed by atoms with Gasteiger partial charge in [0.25, 0.3) is 0 Å². The molecule has 1 aromatic carbocycles. The van der Waals surface area contributed by atoms with Crippen LogP contribution in [0.3, 0.4) is 0 Å². The van der Waals surface area contributed by atoms with Crippen LogP contribution in [0.25, 0.3) is 0 Å². The van der Waals surface area contributed by atoms with E-state index in [1.54, 1.807) is 20.8 Å². The quantitative estimate of drug-likeness (QED) is 0.839. The van der Waals surface area contributed by atoms with Crippen LogP contribution in [-0.4, -0.2) is 17.0 Å². The number of halogens is 1. The van der Waals surface area contributed by atoms with E-state index in [0.717, 1.165) is 0 Å². The van der Waals surface area contributed by atoms with E-state index >= 15 is 0 Å². The fraction of sp³-hybridized carbons (Fsp3) is 0.357. The van der Waals surface area contributed by atoms with Crippen LogP contribution in [0.5, 0.6) is 0 Å². The molecule has 0 aromatic heterocycles. The highest BCUT2D eigenvalue weighted by Crippen LogP contribution is 2.29. The fourth-order valence-electron chi connectivity index (χ4n) is 1.77. The normalized spacial score (nSPS) is 12.3. The summed E-state index contributed by atoms with van der Waals surface area (Å²) < 4.78 is 0. The molecular formula is C14H15ClN2O3. The van der Waals surface area contributed by atoms with Crippen molar-refractivity contribution < 1.29 is 14.7 Å². The highest BCUT2D eigenvalue weighted by molar-refractivity contribution is 6.34. The number of nitriles is 1. The highest BCUT2D eigenvalue weighted by Gasteiger charge is 2.37. The third-order valence-corrected chi connectivity index (χ3v) is 3.04. The molecule has 0 spiro atoms. The summed E-state index contributed by atoms with van der Waals surface area (Å²) in [5, 5.41) is 20.6. The predicted octanol–water partition coefficient (Wildman–Crippen LogP) is 2.90. The fourth-order valence-corrected chi connectivity index (χ4v) is 1.99. The summed E-state index contributed by atoms with van der Waals surface area (Å²) in [7, 11) is 0. The number of amides is 1. The van der Waals surface area contributed by atoms with E-state index in [-0.39, 0.29) is 10.7 Å². The minimum atomic E-state index is -1.20. The Kier molecular flexibility index (Phi) is 4.74. The summed E-state index contributed by atoms with van der Waals surface area (Å²) in [6.07, 6.45) is 0. The largest absolute Gasteiger partial charge is 0.481 e. The van der Waals surface area contributed by atoms with Gasteiger partial charge in [0.05, 0.1) is 22.3 Å². The van der Waals surface area contributed by atoms with Crippen molar-refractivity contribution in [2.24, 2.45) is 11.3 Å². The predicted molar refractivity (Wildman–Crippen MR) is 75.4 cm³/mol. The zero-order chi connectivity index (χ0) is 15.5. The molecule has 0 aliphatic heterocycles. The van der Waals surface area contributed by atoms with Crippen molar-refractivity contribution in [3.63, 3.8) is 0 Å². The average Bonchev–Trinajstić information content (AvgIpc) is 2.29. The van der Waals surface area contributed by atoms with Crippen molar-refractivity contribution in [1.29, 1.82) is 5.26 Å². The molecule has 0 aliphatic carbocycles. The number of hydrogen-bond acceptors (Lipinski definition) is 3. The van der Waals surface area contributed by atoms with Crippen LogP contribution in [0.15, 0.2) is 18.2 Å². The Labute approximate surface area is 122 Å². The second-order valence-corrected chi connectivity index (χ2v) is 5.84. The van der Waals surface area contributed by atoms with E-state index in [1.807, 2.05) is 6.07 Å². The van der Waals surface area contributed by atoms with Crippen LogP contribution >= 0.6 is 11.6 Å². The number of nitrogens with zero attached hydrogens (tertiary/aromatic N) is 1. The Morgan fingerprint density at radius 3 is 2.40 bits per heavy atom. The summed E-state index contributed by atoms with van der Waals surface area (Å²) in [5.41, 5.74) is -0.0839. The molecule has 0 heterocycles. The van der Waals surface area contributed by atoms with Crippen molar-refractivity contribution >= 4 is 29.2 Å². The van der Waals surface area contributed by atoms with Gasteiger partial charge in [-0.05, 0) is 23.6 Å². The first-order valence-corrected chi connectivity index (χ1v) is 6.28. The molecule has 1 aromatic rings. The highest BCUT2D eigenvalue weighted by atomic mass is 35.5. The van der Waals surface area contributed by atoms with E-state index in [1.165, 1.54) is 18.2 Å². The number of carbonyl (C=O) groups is 2. The van der Waals surface area contributed by atoms with Crippen LogP contribution in [0.2, 0.25) is 5.02 Å². The number of anilines is 1. The van der Waals surface area contributed by atoms with Crippen LogP contribution in [0, 0.1) is 22.7 Å². The molecule has 1 amide bonds. The molecular weight excluding hydrogens is 280 g/mol. The molecule has 1 rings (SSSR count). The molecule has 5 nitrogen and oxygen atoms in total. The number of carboxylic acid groups (broad SMARTS) is 1. The Bertz CT molecular complexity index is 585. The SMILES string of the molecule is CC(C)(C)C(C(=O)O)C(=O)Nc1ccc(C#N)cc1Cl. The molecule has 0 bridgehead atoms. The molecule has 20 heavy (non-hydrogen) atoms. The first-order valence-electron chi connectivity index (χ1n) is 5.90. The van der Waals surface area contributed by atoms with Crippen LogP contribution < -0.4 is 5.32 Å². The third-order valence-electron chi connectivity index (χ3n) is 2.73. The zero-order valence-corrected chi connectivity index (χ0v) is 12.2. The van der Waals surface area contributed by atoms with E-state index in [9.17, 15) is 14.7 Å². The topological polar surface area (TPSA) is 90.2 Å². The standard InChI is InChI=1S/C14H15ClN2O3/c1-14(2,3)11(13(19)20)12(18)17-10-5-4-8(7-16)6-9(10)15/h4-6,11H,1-3H3,(H,17,18)(H,19,20). The molecule has 0 aliphatic rings. The molecule has 1 atom stereocenters. The van der Waals surface area contributed by atoms with Crippen LogP contribution in [-0.2, 0) is 9.59 Å². The Balaban J connectivity index is 3.01. The van der Waals surface area contributed by atoms with Gasteiger partial charge in [0.15, 0.2) is 0 Å². The number of aliphatic carboxylic acids is 1. The monoisotopic (exact) mass is 294 g/mol. The maximum Gasteiger partial charge on any atom is 0.316 e. The summed E-state index contributed by atoms with van der Waals surface area (Å²) in [4.78, 5) is 23.3. The molecule has 6 heteroatoms. The number of rotatable bonds is 3. The molecule has 0 saturated heterocycles. The average molecular weight is 295 g/mol. The maximum absolute atomic E-state index is 12.1. The summed E-state index contributed by atoms with van der Waals surface area (Å²) in [6, 6.07) is 6.30. The van der Waals surface area contributed by atoms with Crippen LogP contribution in [0.4, 0.5) is 5.69 Å². The molecule has 0 fully saturated rings. The first kappa shape index (κ1) is 16.0. The van der Waals surface area contributed by atoms with Gasteiger partial charge in [0.2, 0.25) is 5.91 Å². The second kappa shape index (κ2) is 5.93. The smallest absolute Gasteiger partial charge is 0.316 e. The van der Waals surface area contributed by atoms with E-state index in [4.69, 9.17) is 16.9 Å². The third kappa shape index (κ3) is 3.72. The van der Waals surface area contributed by atoms with Gasteiger partial charge < -0.3 is 10.4 Å². The Hall–Kier alpha value is -2.06. The van der Waals surface area contributed by atoms with Crippen molar-refractivity contribution in [1.82, 2.24) is 0 Å². The van der Waals surface area contributed by atoms with Gasteiger partial charge >= 0.3 is 5.97 Å². The lowest BCUT2D eigenvalue weighted by Gasteiger charge is -2.26. The molecule has 1 unspecified atom stereocenters. The molecule has 0 radical (unpaired) electrons. The van der Waals surface area contributed by atoms with Gasteiger partial charge in [-0.15, -0.1) is 0 Å². The molecule has 2 N–H and O–H groups in total. The Morgan fingerprint density at radius 1 is 1.40 bits per heavy atom. The first-order chi connectivity index (χ1) is 9.16. The van der Waals surface area contributed by atoms with Crippen molar-refractivity contribution in [2.45, 2.75) is 20.8 Å². The number of carboxylic acids is 1. The van der Waals surface area contributed by atoms with Gasteiger partial charge in [0, 0.05) is 0 Å². The van der Waals surface area contributed by atoms with Gasteiger partial charge in [-0.2, -0.15) is 5.26 Å². The summed E-state index contributed by atoms with van der Waals surface area (Å²) in [6.45, 7) is 5.02. The summed E-state index contributed by atoms with van der Waals surface area (Å²) >= 11 is 5.94. The van der Waals surface area contributed by atoms with Crippen molar-refractivity contribution in [3.05, 3.63) is 28.8 Å². The van der Waals surface area contributed by atoms with E-state index < -0.39 is 23.2 Å². The van der Waals surface area contributed by atoms with E-state index in [0.29, 0.717) is 5.56 Å². The van der Waals surface area contributed by atoms with Gasteiger partial charge in [-0.1, -0.05) is 32.4 Å². The van der Waals surface area contributed by atoms with Crippen LogP contribution in [0.1, 0.15) is 26.3 Å². The minimum absolute atomic E-state index is 0.190. The van der Waals surface area contributed by atoms with Crippen molar-refractivity contribution in [2.75, 3.05) is 5.32 Å². The number of nitrogens with one attached hydrogen (secondary N) is 1. The van der Waals surface area contributed by atoms with Gasteiger partial charge in [-0.3, -0.25) is 9.59 Å². The van der Waals surface area contributed by atoms with E-state index in [2.05, 4.69) is 5.32 Å². The zero-order valence-electron chi connectivity index (χ0n) is 11.4. The maximum atomic E-state index is 12.1. The second-order valence-electron chi connectivity index (χ2n) is 5.43. The lowest BCUT2D eigenvalue weighted by atomic mass is 9.80. The molecule has 106 valence electrons. The number of carbonyl (C=O) groups excluding carboxylic acids is 1. The molecule has 0 saturated carbocycles. The minimum Gasteiger partial charge on any atom is -0.481 e. The lowest BCUT2D eigenvalue weighted by molar-refractivity contribution is -0.149. The van der Waals surface area contributed by atoms with Gasteiger partial charge in [0.1, 0.15) is 5.92 Å². The lowest BCUT2D eigenvalue weighted by Crippen LogP contribution is -2.39.